The summed E-state index contributed by atoms with van der Waals surface area (Å²) in [5, 5.41) is 0. The van der Waals surface area contributed by atoms with E-state index in [1.165, 1.54) is 18.2 Å². The number of benzene rings is 2. The fourth-order valence-electron chi connectivity index (χ4n) is 1.86. The topological polar surface area (TPSA) is 43.1 Å². The van der Waals surface area contributed by atoms with E-state index < -0.39 is 23.3 Å². The van der Waals surface area contributed by atoms with E-state index in [1.807, 2.05) is 0 Å². The monoisotopic (exact) mass is 297 g/mol. The Balaban J connectivity index is 2.18. The minimum atomic E-state index is -4.42. The highest BCUT2D eigenvalue weighted by molar-refractivity contribution is 6.01. The second-order valence-corrected chi connectivity index (χ2v) is 4.53. The molecule has 0 aromatic heterocycles. The number of nitrogen functional groups attached to an aromatic ring is 1. The molecule has 2 aromatic carbocycles. The number of halogens is 4. The van der Waals surface area contributed by atoms with Gasteiger partial charge in [0.1, 0.15) is 5.82 Å². The number of hydrogen-bond acceptors (Lipinski definition) is 2. The molecule has 0 atom stereocenters. The van der Waals surface area contributed by atoms with E-state index in [-0.39, 0.29) is 17.7 Å². The summed E-state index contributed by atoms with van der Waals surface area (Å²) >= 11 is 0. The number of Topliss-reactive ketones (excluding diaryl/α,β-unsaturated/α-hetero) is 1. The van der Waals surface area contributed by atoms with Gasteiger partial charge in [0.25, 0.3) is 0 Å². The Morgan fingerprint density at radius 3 is 2.24 bits per heavy atom. The number of carbonyl (C=O) groups is 1. The predicted octanol–water partition coefficient (Wildman–Crippen LogP) is 3.85. The van der Waals surface area contributed by atoms with Crippen LogP contribution in [0.5, 0.6) is 0 Å². The van der Waals surface area contributed by atoms with Crippen LogP contribution in [0.2, 0.25) is 0 Å². The van der Waals surface area contributed by atoms with Crippen LogP contribution in [0.3, 0.4) is 0 Å². The molecule has 0 spiro atoms. The number of nitrogens with two attached hydrogens (primary N) is 1. The standard InChI is InChI=1S/C15H11F4NO/c16-11-5-6-13(20)12(8-11)14(21)7-9-1-3-10(4-2-9)15(17,18)19/h1-6,8H,7,20H2. The van der Waals surface area contributed by atoms with Gasteiger partial charge >= 0.3 is 6.18 Å². The highest BCUT2D eigenvalue weighted by Crippen LogP contribution is 2.29. The number of carbonyl (C=O) groups excluding carboxylic acids is 1. The first-order chi connectivity index (χ1) is 9.77. The zero-order valence-corrected chi connectivity index (χ0v) is 10.7. The molecule has 2 nitrogen and oxygen atoms in total. The minimum Gasteiger partial charge on any atom is -0.398 e. The second kappa shape index (κ2) is 5.55. The molecule has 2 N–H and O–H groups in total. The van der Waals surface area contributed by atoms with Crippen LogP contribution in [-0.4, -0.2) is 5.78 Å². The second-order valence-electron chi connectivity index (χ2n) is 4.53. The number of alkyl halides is 3. The van der Waals surface area contributed by atoms with E-state index >= 15 is 0 Å². The van der Waals surface area contributed by atoms with E-state index in [1.54, 1.807) is 0 Å². The van der Waals surface area contributed by atoms with Crippen LogP contribution in [0.4, 0.5) is 23.2 Å². The lowest BCUT2D eigenvalue weighted by molar-refractivity contribution is -0.137. The number of anilines is 1. The molecule has 110 valence electrons. The van der Waals surface area contributed by atoms with Gasteiger partial charge in [-0.15, -0.1) is 0 Å². The molecule has 0 heterocycles. The van der Waals surface area contributed by atoms with Gasteiger partial charge in [0.05, 0.1) is 5.56 Å². The van der Waals surface area contributed by atoms with Crippen LogP contribution in [0.1, 0.15) is 21.5 Å². The largest absolute Gasteiger partial charge is 0.416 e. The summed E-state index contributed by atoms with van der Waals surface area (Å²) in [5.74, 6) is -1.05. The van der Waals surface area contributed by atoms with Gasteiger partial charge in [-0.2, -0.15) is 13.2 Å². The summed E-state index contributed by atoms with van der Waals surface area (Å²) < 4.78 is 50.4. The molecule has 0 aliphatic rings. The molecule has 0 fully saturated rings. The van der Waals surface area contributed by atoms with Crippen molar-refractivity contribution >= 4 is 11.5 Å². The van der Waals surface area contributed by atoms with Crippen molar-refractivity contribution in [2.24, 2.45) is 0 Å². The average Bonchev–Trinajstić information content (AvgIpc) is 2.41. The van der Waals surface area contributed by atoms with E-state index in [2.05, 4.69) is 0 Å². The van der Waals surface area contributed by atoms with Crippen LogP contribution in [-0.2, 0) is 12.6 Å². The molecule has 0 saturated carbocycles. The first-order valence-electron chi connectivity index (χ1n) is 6.02. The summed E-state index contributed by atoms with van der Waals surface area (Å²) in [6.45, 7) is 0. The average molecular weight is 297 g/mol. The fraction of sp³-hybridized carbons (Fsp3) is 0.133. The maximum absolute atomic E-state index is 13.1. The molecule has 0 unspecified atom stereocenters. The van der Waals surface area contributed by atoms with E-state index in [9.17, 15) is 22.4 Å². The summed E-state index contributed by atoms with van der Waals surface area (Å²) in [6, 6.07) is 7.66. The van der Waals surface area contributed by atoms with Crippen LogP contribution >= 0.6 is 0 Å². The van der Waals surface area contributed by atoms with Gasteiger partial charge in [-0.3, -0.25) is 4.79 Å². The summed E-state index contributed by atoms with van der Waals surface area (Å²) in [6.07, 6.45) is -4.57. The van der Waals surface area contributed by atoms with Crippen molar-refractivity contribution in [3.05, 3.63) is 65.0 Å². The molecule has 21 heavy (non-hydrogen) atoms. The normalized spacial score (nSPS) is 11.4. The van der Waals surface area contributed by atoms with Crippen molar-refractivity contribution in [2.45, 2.75) is 12.6 Å². The number of hydrogen-bond donors (Lipinski definition) is 1. The van der Waals surface area contributed by atoms with Gasteiger partial charge in [-0.1, -0.05) is 12.1 Å². The van der Waals surface area contributed by atoms with Gasteiger partial charge < -0.3 is 5.73 Å². The first kappa shape index (κ1) is 15.0. The van der Waals surface area contributed by atoms with Crippen molar-refractivity contribution in [2.75, 3.05) is 5.73 Å². The molecule has 0 saturated heterocycles. The molecule has 0 bridgehead atoms. The Morgan fingerprint density at radius 1 is 1.05 bits per heavy atom. The lowest BCUT2D eigenvalue weighted by Gasteiger charge is -2.08. The molecule has 2 aromatic rings. The van der Waals surface area contributed by atoms with Crippen LogP contribution < -0.4 is 5.73 Å². The quantitative estimate of drug-likeness (QED) is 0.531. The molecular weight excluding hydrogens is 286 g/mol. The Hall–Kier alpha value is -2.37. The summed E-state index contributed by atoms with van der Waals surface area (Å²) in [7, 11) is 0. The fourth-order valence-corrected chi connectivity index (χ4v) is 1.86. The predicted molar refractivity (Wildman–Crippen MR) is 70.3 cm³/mol. The first-order valence-corrected chi connectivity index (χ1v) is 6.02. The zero-order chi connectivity index (χ0) is 15.6. The molecule has 0 radical (unpaired) electrons. The lowest BCUT2D eigenvalue weighted by atomic mass is 10.0. The Morgan fingerprint density at radius 2 is 1.67 bits per heavy atom. The zero-order valence-electron chi connectivity index (χ0n) is 10.7. The van der Waals surface area contributed by atoms with E-state index in [4.69, 9.17) is 5.73 Å². The number of ketones is 1. The van der Waals surface area contributed by atoms with Crippen molar-refractivity contribution in [1.29, 1.82) is 0 Å². The Labute approximate surface area is 118 Å². The SMILES string of the molecule is Nc1ccc(F)cc1C(=O)Cc1ccc(C(F)(F)F)cc1. The van der Waals surface area contributed by atoms with Crippen molar-refractivity contribution in [3.8, 4) is 0 Å². The van der Waals surface area contributed by atoms with Gasteiger partial charge in [-0.05, 0) is 35.9 Å². The molecule has 0 aliphatic carbocycles. The van der Waals surface area contributed by atoms with Crippen molar-refractivity contribution in [3.63, 3.8) is 0 Å². The molecular formula is C15H11F4NO. The summed E-state index contributed by atoms with van der Waals surface area (Å²) in [4.78, 5) is 12.0. The lowest BCUT2D eigenvalue weighted by Crippen LogP contribution is -2.08. The van der Waals surface area contributed by atoms with Gasteiger partial charge in [0.2, 0.25) is 0 Å². The van der Waals surface area contributed by atoms with Crippen LogP contribution in [0.25, 0.3) is 0 Å². The Kier molecular flexibility index (Phi) is 3.97. The van der Waals surface area contributed by atoms with Crippen LogP contribution in [0, 0.1) is 5.82 Å². The maximum atomic E-state index is 13.1. The van der Waals surface area contributed by atoms with Crippen molar-refractivity contribution < 1.29 is 22.4 Å². The Bertz CT molecular complexity index is 662. The van der Waals surface area contributed by atoms with Gasteiger partial charge in [-0.25, -0.2) is 4.39 Å². The van der Waals surface area contributed by atoms with E-state index in [0.717, 1.165) is 24.3 Å². The third-order valence-electron chi connectivity index (χ3n) is 2.96. The maximum Gasteiger partial charge on any atom is 0.416 e. The molecule has 2 rings (SSSR count). The van der Waals surface area contributed by atoms with Crippen molar-refractivity contribution in [1.82, 2.24) is 0 Å². The third-order valence-corrected chi connectivity index (χ3v) is 2.96. The third kappa shape index (κ3) is 3.59. The highest BCUT2D eigenvalue weighted by atomic mass is 19.4. The highest BCUT2D eigenvalue weighted by Gasteiger charge is 2.30. The molecule has 0 aliphatic heterocycles. The van der Waals surface area contributed by atoms with Crippen LogP contribution in [0.15, 0.2) is 42.5 Å². The number of rotatable bonds is 3. The smallest absolute Gasteiger partial charge is 0.398 e. The molecule has 0 amide bonds. The molecule has 6 heteroatoms. The van der Waals surface area contributed by atoms with Gasteiger partial charge in [0, 0.05) is 17.7 Å². The van der Waals surface area contributed by atoms with E-state index in [0.29, 0.717) is 5.56 Å². The van der Waals surface area contributed by atoms with Gasteiger partial charge in [0.15, 0.2) is 5.78 Å². The summed E-state index contributed by atoms with van der Waals surface area (Å²) in [5.41, 5.74) is 5.36. The minimum absolute atomic E-state index is 0.0231.